The van der Waals surface area contributed by atoms with Crippen LogP contribution in [0.5, 0.6) is 11.5 Å². The van der Waals surface area contributed by atoms with Crippen LogP contribution in [0.25, 0.3) is 0 Å². The summed E-state index contributed by atoms with van der Waals surface area (Å²) in [6.45, 7) is 13.0. The third kappa shape index (κ3) is 4.48. The SMILES string of the molecule is CC(C)(C)c1ccc(O)c(C(c2ccccc2)c2cc(C(C)(C)C)ccc2O)c1. The lowest BCUT2D eigenvalue weighted by Gasteiger charge is -2.27. The van der Waals surface area contributed by atoms with E-state index in [0.717, 1.165) is 27.8 Å². The fourth-order valence-corrected chi connectivity index (χ4v) is 3.68. The van der Waals surface area contributed by atoms with Crippen molar-refractivity contribution in [2.45, 2.75) is 58.3 Å². The average Bonchev–Trinajstić information content (AvgIpc) is 2.64. The van der Waals surface area contributed by atoms with E-state index in [0.29, 0.717) is 0 Å². The second-order valence-corrected chi connectivity index (χ2v) is 9.89. The van der Waals surface area contributed by atoms with Crippen LogP contribution in [0.3, 0.4) is 0 Å². The summed E-state index contributed by atoms with van der Waals surface area (Å²) < 4.78 is 0. The van der Waals surface area contributed by atoms with Gasteiger partial charge in [0.25, 0.3) is 0 Å². The van der Waals surface area contributed by atoms with E-state index in [2.05, 4.69) is 65.8 Å². The van der Waals surface area contributed by atoms with E-state index in [1.807, 2.05) is 30.3 Å². The summed E-state index contributed by atoms with van der Waals surface area (Å²) in [7, 11) is 0. The van der Waals surface area contributed by atoms with Gasteiger partial charge in [0.05, 0.1) is 0 Å². The van der Waals surface area contributed by atoms with Crippen LogP contribution in [-0.2, 0) is 10.8 Å². The van der Waals surface area contributed by atoms with Crippen molar-refractivity contribution < 1.29 is 10.2 Å². The minimum atomic E-state index is -0.263. The Morgan fingerprint density at radius 1 is 0.586 bits per heavy atom. The number of rotatable bonds is 3. The average molecular weight is 389 g/mol. The molecule has 0 unspecified atom stereocenters. The third-order valence-electron chi connectivity index (χ3n) is 5.54. The molecule has 3 aromatic carbocycles. The number of phenols is 2. The monoisotopic (exact) mass is 388 g/mol. The fraction of sp³-hybridized carbons (Fsp3) is 0.333. The molecule has 0 aliphatic carbocycles. The Morgan fingerprint density at radius 2 is 1.00 bits per heavy atom. The predicted molar refractivity (Wildman–Crippen MR) is 121 cm³/mol. The summed E-state index contributed by atoms with van der Waals surface area (Å²) in [6, 6.07) is 21.7. The first-order valence-electron chi connectivity index (χ1n) is 10.2. The highest BCUT2D eigenvalue weighted by molar-refractivity contribution is 5.55. The molecular formula is C27H32O2. The molecule has 2 heteroatoms. The molecule has 2 N–H and O–H groups in total. The smallest absolute Gasteiger partial charge is 0.119 e. The van der Waals surface area contributed by atoms with Crippen LogP contribution in [-0.4, -0.2) is 10.2 Å². The molecule has 0 atom stereocenters. The predicted octanol–water partition coefficient (Wildman–Crippen LogP) is 6.87. The zero-order chi connectivity index (χ0) is 21.4. The maximum Gasteiger partial charge on any atom is 0.119 e. The van der Waals surface area contributed by atoms with Crippen molar-refractivity contribution in [3.8, 4) is 11.5 Å². The Labute approximate surface area is 174 Å². The van der Waals surface area contributed by atoms with Crippen molar-refractivity contribution in [2.75, 3.05) is 0 Å². The number of hydrogen-bond acceptors (Lipinski definition) is 2. The van der Waals surface area contributed by atoms with E-state index < -0.39 is 0 Å². The Hall–Kier alpha value is -2.74. The summed E-state index contributed by atoms with van der Waals surface area (Å²) in [5.74, 6) is 0.223. The van der Waals surface area contributed by atoms with Gasteiger partial charge in [-0.05, 0) is 39.7 Å². The molecule has 0 amide bonds. The lowest BCUT2D eigenvalue weighted by atomic mass is 9.78. The third-order valence-corrected chi connectivity index (χ3v) is 5.54. The quantitative estimate of drug-likeness (QED) is 0.480. The number of aromatic hydroxyl groups is 2. The molecule has 0 heterocycles. The molecule has 152 valence electrons. The molecule has 0 fully saturated rings. The highest BCUT2D eigenvalue weighted by atomic mass is 16.3. The zero-order valence-corrected chi connectivity index (χ0v) is 18.3. The first-order chi connectivity index (χ1) is 13.5. The van der Waals surface area contributed by atoms with E-state index in [4.69, 9.17) is 0 Å². The van der Waals surface area contributed by atoms with Crippen LogP contribution in [0.15, 0.2) is 66.7 Å². The normalized spacial score (nSPS) is 12.4. The summed E-state index contributed by atoms with van der Waals surface area (Å²) in [5.41, 5.74) is 4.87. The number of hydrogen-bond donors (Lipinski definition) is 2. The standard InChI is InChI=1S/C27H32O2/c1-26(2,3)19-12-14-23(28)21(16-19)25(18-10-8-7-9-11-18)22-17-20(27(4,5)6)13-15-24(22)29/h7-17,25,28-29H,1-6H3. The van der Waals surface area contributed by atoms with Crippen molar-refractivity contribution in [3.05, 3.63) is 94.5 Å². The van der Waals surface area contributed by atoms with E-state index in [-0.39, 0.29) is 28.2 Å². The summed E-state index contributed by atoms with van der Waals surface area (Å²) in [6.07, 6.45) is 0. The Kier molecular flexibility index (Phi) is 5.49. The maximum atomic E-state index is 10.8. The largest absolute Gasteiger partial charge is 0.508 e. The topological polar surface area (TPSA) is 40.5 Å². The number of phenolic OH excluding ortho intramolecular Hbond substituents is 2. The van der Waals surface area contributed by atoms with Gasteiger partial charge in [-0.15, -0.1) is 0 Å². The molecule has 3 rings (SSSR count). The van der Waals surface area contributed by atoms with Crippen LogP contribution < -0.4 is 0 Å². The molecule has 0 saturated carbocycles. The molecule has 0 saturated heterocycles. The highest BCUT2D eigenvalue weighted by Crippen LogP contribution is 2.43. The van der Waals surface area contributed by atoms with Gasteiger partial charge in [0, 0.05) is 17.0 Å². The van der Waals surface area contributed by atoms with Gasteiger partial charge in [-0.2, -0.15) is 0 Å². The fourth-order valence-electron chi connectivity index (χ4n) is 3.68. The van der Waals surface area contributed by atoms with Gasteiger partial charge in [0.2, 0.25) is 0 Å². The Bertz CT molecular complexity index is 926. The van der Waals surface area contributed by atoms with Crippen molar-refractivity contribution in [3.63, 3.8) is 0 Å². The van der Waals surface area contributed by atoms with E-state index in [9.17, 15) is 10.2 Å². The first kappa shape index (κ1) is 21.0. The molecule has 0 aliphatic heterocycles. The molecular weight excluding hydrogens is 356 g/mol. The van der Waals surface area contributed by atoms with Crippen LogP contribution in [0, 0.1) is 0 Å². The van der Waals surface area contributed by atoms with Crippen molar-refractivity contribution in [1.29, 1.82) is 0 Å². The van der Waals surface area contributed by atoms with Crippen molar-refractivity contribution in [1.82, 2.24) is 0 Å². The molecule has 2 nitrogen and oxygen atoms in total. The Morgan fingerprint density at radius 3 is 1.38 bits per heavy atom. The van der Waals surface area contributed by atoms with Gasteiger partial charge < -0.3 is 10.2 Å². The maximum absolute atomic E-state index is 10.8. The minimum Gasteiger partial charge on any atom is -0.508 e. The lowest BCUT2D eigenvalue weighted by molar-refractivity contribution is 0.457. The van der Waals surface area contributed by atoms with Gasteiger partial charge in [-0.25, -0.2) is 0 Å². The molecule has 0 aromatic heterocycles. The minimum absolute atomic E-state index is 0.0427. The molecule has 3 aromatic rings. The molecule has 0 bridgehead atoms. The van der Waals surface area contributed by atoms with Gasteiger partial charge >= 0.3 is 0 Å². The first-order valence-corrected chi connectivity index (χ1v) is 10.2. The van der Waals surface area contributed by atoms with Crippen LogP contribution in [0.4, 0.5) is 0 Å². The Balaban J connectivity index is 2.30. The number of benzene rings is 3. The van der Waals surface area contributed by atoms with Gasteiger partial charge in [0.15, 0.2) is 0 Å². The van der Waals surface area contributed by atoms with Crippen LogP contribution in [0.2, 0.25) is 0 Å². The van der Waals surface area contributed by atoms with Gasteiger partial charge in [-0.3, -0.25) is 0 Å². The second-order valence-electron chi connectivity index (χ2n) is 9.89. The highest BCUT2D eigenvalue weighted by Gasteiger charge is 2.26. The summed E-state index contributed by atoms with van der Waals surface area (Å²) in [5, 5.41) is 21.7. The molecule has 29 heavy (non-hydrogen) atoms. The zero-order valence-electron chi connectivity index (χ0n) is 18.3. The second kappa shape index (κ2) is 7.59. The molecule has 0 radical (unpaired) electrons. The van der Waals surface area contributed by atoms with Crippen molar-refractivity contribution in [2.24, 2.45) is 0 Å². The van der Waals surface area contributed by atoms with E-state index in [1.165, 1.54) is 0 Å². The molecule has 0 aliphatic rings. The van der Waals surface area contributed by atoms with E-state index >= 15 is 0 Å². The van der Waals surface area contributed by atoms with Crippen LogP contribution in [0.1, 0.15) is 75.3 Å². The summed E-state index contributed by atoms with van der Waals surface area (Å²) in [4.78, 5) is 0. The van der Waals surface area contributed by atoms with E-state index in [1.54, 1.807) is 12.1 Å². The summed E-state index contributed by atoms with van der Waals surface area (Å²) >= 11 is 0. The van der Waals surface area contributed by atoms with Gasteiger partial charge in [-0.1, -0.05) is 96.1 Å². The van der Waals surface area contributed by atoms with Crippen LogP contribution >= 0.6 is 0 Å². The van der Waals surface area contributed by atoms with Gasteiger partial charge in [0.1, 0.15) is 11.5 Å². The van der Waals surface area contributed by atoms with Crippen molar-refractivity contribution >= 4 is 0 Å². The molecule has 0 spiro atoms. The lowest BCUT2D eigenvalue weighted by Crippen LogP contribution is -2.14.